The zero-order valence-electron chi connectivity index (χ0n) is 35.6. The standard InChI is InChI=1S/C48H91NO4/c1-3-5-7-9-11-13-15-17-19-21-23-25-27-29-31-33-35-37-39-41-46-49-48(43-50,44-52-46)45-53-47(51)42-40-38-36-34-32-30-28-26-24-22-20-18-16-14-12-10-8-6-4-2/h17-20,46,49-50H,3-16,21-45H2,1-2H3/b19-17+,20-18+. The highest BCUT2D eigenvalue weighted by atomic mass is 16.5. The molecule has 2 atom stereocenters. The predicted octanol–water partition coefficient (Wildman–Crippen LogP) is 14.4. The van der Waals surface area contributed by atoms with E-state index in [1.807, 2.05) is 0 Å². The van der Waals surface area contributed by atoms with Crippen LogP contribution in [0.5, 0.6) is 0 Å². The first-order valence-corrected chi connectivity index (χ1v) is 23.6. The van der Waals surface area contributed by atoms with E-state index >= 15 is 0 Å². The summed E-state index contributed by atoms with van der Waals surface area (Å²) in [5.41, 5.74) is -0.659. The predicted molar refractivity (Wildman–Crippen MR) is 229 cm³/mol. The van der Waals surface area contributed by atoms with Crippen LogP contribution in [-0.2, 0) is 14.3 Å². The highest BCUT2D eigenvalue weighted by Crippen LogP contribution is 2.21. The molecule has 1 fully saturated rings. The fourth-order valence-electron chi connectivity index (χ4n) is 7.51. The lowest BCUT2D eigenvalue weighted by Gasteiger charge is -2.25. The first-order chi connectivity index (χ1) is 26.2. The molecule has 0 aromatic rings. The zero-order valence-corrected chi connectivity index (χ0v) is 35.6. The third kappa shape index (κ3) is 32.8. The van der Waals surface area contributed by atoms with E-state index in [1.54, 1.807) is 0 Å². The first kappa shape index (κ1) is 49.8. The van der Waals surface area contributed by atoms with E-state index in [-0.39, 0.29) is 25.4 Å². The van der Waals surface area contributed by atoms with Crippen molar-refractivity contribution in [2.75, 3.05) is 19.8 Å². The summed E-state index contributed by atoms with van der Waals surface area (Å²) in [5, 5.41) is 13.5. The number of nitrogens with one attached hydrogen (secondary N) is 1. The molecule has 0 spiro atoms. The van der Waals surface area contributed by atoms with Gasteiger partial charge in [-0.15, -0.1) is 0 Å². The van der Waals surface area contributed by atoms with Crippen LogP contribution in [0.15, 0.2) is 24.3 Å². The lowest BCUT2D eigenvalue weighted by molar-refractivity contribution is -0.146. The fraction of sp³-hybridized carbons (Fsp3) is 0.896. The topological polar surface area (TPSA) is 67.8 Å². The van der Waals surface area contributed by atoms with Gasteiger partial charge in [-0.05, 0) is 70.6 Å². The summed E-state index contributed by atoms with van der Waals surface area (Å²) in [6.07, 6.45) is 55.5. The summed E-state index contributed by atoms with van der Waals surface area (Å²) in [6, 6.07) is 0. The van der Waals surface area contributed by atoms with Crippen molar-refractivity contribution >= 4 is 5.97 Å². The van der Waals surface area contributed by atoms with Crippen LogP contribution in [0, 0.1) is 0 Å². The maximum Gasteiger partial charge on any atom is 0.305 e. The molecule has 0 aliphatic carbocycles. The first-order valence-electron chi connectivity index (χ1n) is 23.6. The van der Waals surface area contributed by atoms with Crippen molar-refractivity contribution in [2.45, 2.75) is 257 Å². The summed E-state index contributed by atoms with van der Waals surface area (Å²) in [7, 11) is 0. The Kier molecular flexibility index (Phi) is 36.8. The zero-order chi connectivity index (χ0) is 38.2. The average Bonchev–Trinajstić information content (AvgIpc) is 3.59. The molecular formula is C48H91NO4. The maximum absolute atomic E-state index is 12.4. The number of aliphatic hydroxyl groups excluding tert-OH is 1. The molecule has 5 heteroatoms. The molecule has 1 rings (SSSR count). The van der Waals surface area contributed by atoms with E-state index in [0.717, 1.165) is 25.7 Å². The summed E-state index contributed by atoms with van der Waals surface area (Å²) in [5.74, 6) is -0.153. The largest absolute Gasteiger partial charge is 0.464 e. The quantitative estimate of drug-likeness (QED) is 0.0370. The molecule has 0 bridgehead atoms. The number of carbonyl (C=O) groups is 1. The summed E-state index contributed by atoms with van der Waals surface area (Å²) in [4.78, 5) is 12.4. The van der Waals surface area contributed by atoms with Gasteiger partial charge in [0.05, 0.1) is 13.2 Å². The van der Waals surface area contributed by atoms with E-state index in [0.29, 0.717) is 13.0 Å². The molecule has 2 unspecified atom stereocenters. The van der Waals surface area contributed by atoms with Crippen LogP contribution < -0.4 is 5.32 Å². The maximum atomic E-state index is 12.4. The number of hydrogen-bond donors (Lipinski definition) is 2. The Morgan fingerprint density at radius 3 is 1.32 bits per heavy atom. The summed E-state index contributed by atoms with van der Waals surface area (Å²) in [6.45, 7) is 5.06. The van der Waals surface area contributed by atoms with Gasteiger partial charge in [-0.3, -0.25) is 10.1 Å². The molecule has 1 aliphatic rings. The minimum Gasteiger partial charge on any atom is -0.464 e. The molecular weight excluding hydrogens is 655 g/mol. The third-order valence-electron chi connectivity index (χ3n) is 11.2. The molecule has 2 N–H and O–H groups in total. The van der Waals surface area contributed by atoms with E-state index in [4.69, 9.17) is 9.47 Å². The monoisotopic (exact) mass is 746 g/mol. The second-order valence-corrected chi connectivity index (χ2v) is 16.6. The number of esters is 1. The lowest BCUT2D eigenvalue weighted by atomic mass is 10.0. The second-order valence-electron chi connectivity index (χ2n) is 16.6. The van der Waals surface area contributed by atoms with Crippen LogP contribution in [0.3, 0.4) is 0 Å². The van der Waals surface area contributed by atoms with Crippen molar-refractivity contribution in [3.63, 3.8) is 0 Å². The summed E-state index contributed by atoms with van der Waals surface area (Å²) < 4.78 is 11.6. The van der Waals surface area contributed by atoms with Crippen molar-refractivity contribution in [3.8, 4) is 0 Å². The van der Waals surface area contributed by atoms with Crippen LogP contribution in [0.1, 0.15) is 245 Å². The molecule has 0 saturated carbocycles. The minimum atomic E-state index is -0.659. The lowest BCUT2D eigenvalue weighted by Crippen LogP contribution is -2.52. The molecule has 1 aliphatic heterocycles. The Morgan fingerprint density at radius 2 is 0.925 bits per heavy atom. The van der Waals surface area contributed by atoms with Crippen molar-refractivity contribution in [1.29, 1.82) is 0 Å². The highest BCUT2D eigenvalue weighted by molar-refractivity contribution is 5.69. The van der Waals surface area contributed by atoms with Gasteiger partial charge in [0, 0.05) is 6.42 Å². The van der Waals surface area contributed by atoms with Gasteiger partial charge in [0.2, 0.25) is 0 Å². The number of ether oxygens (including phenoxy) is 2. The van der Waals surface area contributed by atoms with Crippen LogP contribution in [-0.4, -0.2) is 42.7 Å². The Morgan fingerprint density at radius 1 is 0.566 bits per heavy atom. The van der Waals surface area contributed by atoms with Gasteiger partial charge in [0.15, 0.2) is 0 Å². The van der Waals surface area contributed by atoms with Gasteiger partial charge in [-0.25, -0.2) is 0 Å². The molecule has 53 heavy (non-hydrogen) atoms. The van der Waals surface area contributed by atoms with E-state index < -0.39 is 5.54 Å². The summed E-state index contributed by atoms with van der Waals surface area (Å²) >= 11 is 0. The SMILES string of the molecule is CCCCCCCC/C=C/CCCCCCCCCCCC(=O)OCC1(CO)COC(CCCCCCCCCCC/C=C/CCCCCCCC)N1. The molecule has 0 amide bonds. The van der Waals surface area contributed by atoms with Gasteiger partial charge in [0.1, 0.15) is 18.4 Å². The number of rotatable bonds is 41. The number of aliphatic hydroxyl groups is 1. The Balaban J connectivity index is 1.89. The van der Waals surface area contributed by atoms with Gasteiger partial charge in [0.25, 0.3) is 0 Å². The van der Waals surface area contributed by atoms with Crippen LogP contribution in [0.2, 0.25) is 0 Å². The van der Waals surface area contributed by atoms with Gasteiger partial charge in [-0.2, -0.15) is 0 Å². The number of unbranched alkanes of at least 4 members (excludes halogenated alkanes) is 30. The van der Waals surface area contributed by atoms with Crippen LogP contribution in [0.4, 0.5) is 0 Å². The van der Waals surface area contributed by atoms with Gasteiger partial charge < -0.3 is 14.6 Å². The van der Waals surface area contributed by atoms with E-state index in [1.165, 1.54) is 199 Å². The molecule has 1 saturated heterocycles. The minimum absolute atomic E-state index is 0.0581. The Bertz CT molecular complexity index is 828. The molecule has 312 valence electrons. The number of carbonyl (C=O) groups excluding carboxylic acids is 1. The van der Waals surface area contributed by atoms with E-state index in [2.05, 4.69) is 43.5 Å². The van der Waals surface area contributed by atoms with Crippen LogP contribution in [0.25, 0.3) is 0 Å². The number of hydrogen-bond acceptors (Lipinski definition) is 5. The van der Waals surface area contributed by atoms with Gasteiger partial charge >= 0.3 is 5.97 Å². The van der Waals surface area contributed by atoms with Crippen molar-refractivity contribution in [2.24, 2.45) is 0 Å². The normalized spacial score (nSPS) is 17.5. The third-order valence-corrected chi connectivity index (χ3v) is 11.2. The average molecular weight is 746 g/mol. The second kappa shape index (κ2) is 39.1. The van der Waals surface area contributed by atoms with Gasteiger partial charge in [-0.1, -0.05) is 192 Å². The Hall–Kier alpha value is -1.17. The van der Waals surface area contributed by atoms with E-state index in [9.17, 15) is 9.90 Å². The van der Waals surface area contributed by atoms with Crippen molar-refractivity contribution < 1.29 is 19.4 Å². The molecule has 0 radical (unpaired) electrons. The fourth-order valence-corrected chi connectivity index (χ4v) is 7.51. The molecule has 5 nitrogen and oxygen atoms in total. The highest BCUT2D eigenvalue weighted by Gasteiger charge is 2.40. The van der Waals surface area contributed by atoms with Crippen molar-refractivity contribution in [3.05, 3.63) is 24.3 Å². The van der Waals surface area contributed by atoms with Crippen LogP contribution >= 0.6 is 0 Å². The number of allylic oxidation sites excluding steroid dienone is 4. The van der Waals surface area contributed by atoms with Crippen molar-refractivity contribution in [1.82, 2.24) is 5.32 Å². The molecule has 0 aromatic heterocycles. The Labute approximate surface area is 330 Å². The smallest absolute Gasteiger partial charge is 0.305 e. The molecule has 1 heterocycles. The molecule has 0 aromatic carbocycles.